The normalized spacial score (nSPS) is 30.2. The summed E-state index contributed by atoms with van der Waals surface area (Å²) in [4.78, 5) is 14.2. The number of benzene rings is 1. The topological polar surface area (TPSA) is 116 Å². The van der Waals surface area contributed by atoms with Crippen LogP contribution in [0.25, 0.3) is 0 Å². The highest BCUT2D eigenvalue weighted by molar-refractivity contribution is 8.00. The van der Waals surface area contributed by atoms with Crippen LogP contribution in [-0.2, 0) is 4.74 Å². The molecule has 0 saturated carbocycles. The van der Waals surface area contributed by atoms with Crippen LogP contribution in [0.5, 0.6) is 0 Å². The number of halogens is 1. The third-order valence-electron chi connectivity index (χ3n) is 3.76. The molecule has 0 aliphatic carbocycles. The lowest BCUT2D eigenvalue weighted by molar-refractivity contribution is -0.160. The van der Waals surface area contributed by atoms with Crippen LogP contribution in [0.3, 0.4) is 0 Å². The highest BCUT2D eigenvalue weighted by Gasteiger charge is 2.43. The average Bonchev–Trinajstić information content (AvgIpc) is 2.54. The monoisotopic (exact) mass is 376 g/mol. The maximum atomic E-state index is 12.3. The van der Waals surface area contributed by atoms with Crippen molar-refractivity contribution in [1.29, 1.82) is 0 Å². The maximum absolute atomic E-state index is 12.3. The minimum Gasteiger partial charge on any atom is -0.394 e. The Labute approximate surface area is 149 Å². The van der Waals surface area contributed by atoms with Gasteiger partial charge in [-0.2, -0.15) is 0 Å². The molecule has 1 aromatic carbocycles. The molecule has 9 heteroatoms. The SMILES string of the molecule is CN(C)C(=O)c1ccc(Cl)cc1SC1OC(CO)C(O)C(N)C1O. The minimum atomic E-state index is -1.18. The highest BCUT2D eigenvalue weighted by Crippen LogP contribution is 2.36. The molecule has 0 radical (unpaired) electrons. The summed E-state index contributed by atoms with van der Waals surface area (Å²) in [5, 5.41) is 29.9. The van der Waals surface area contributed by atoms with Crippen molar-refractivity contribution in [3.8, 4) is 0 Å². The van der Waals surface area contributed by atoms with Gasteiger partial charge in [-0.25, -0.2) is 0 Å². The number of carbonyl (C=O) groups is 1. The zero-order valence-electron chi connectivity index (χ0n) is 13.3. The predicted molar refractivity (Wildman–Crippen MR) is 91.1 cm³/mol. The molecule has 0 aromatic heterocycles. The van der Waals surface area contributed by atoms with Crippen molar-refractivity contribution in [2.24, 2.45) is 5.73 Å². The van der Waals surface area contributed by atoms with Crippen LogP contribution in [0.1, 0.15) is 10.4 Å². The quantitative estimate of drug-likeness (QED) is 0.579. The molecule has 134 valence electrons. The average molecular weight is 377 g/mol. The molecule has 1 heterocycles. The fourth-order valence-corrected chi connectivity index (χ4v) is 3.83. The van der Waals surface area contributed by atoms with E-state index in [1.807, 2.05) is 0 Å². The number of aliphatic hydroxyl groups is 3. The first kappa shape index (κ1) is 19.5. The number of thioether (sulfide) groups is 1. The fourth-order valence-electron chi connectivity index (χ4n) is 2.35. The number of rotatable bonds is 4. The molecule has 0 bridgehead atoms. The second kappa shape index (κ2) is 8.01. The number of aliphatic hydroxyl groups excluding tert-OH is 3. The van der Waals surface area contributed by atoms with Gasteiger partial charge in [0.15, 0.2) is 0 Å². The Morgan fingerprint density at radius 1 is 1.38 bits per heavy atom. The first-order valence-electron chi connectivity index (χ1n) is 7.32. The van der Waals surface area contributed by atoms with Crippen molar-refractivity contribution in [2.75, 3.05) is 20.7 Å². The Morgan fingerprint density at radius 2 is 2.04 bits per heavy atom. The maximum Gasteiger partial charge on any atom is 0.254 e. The summed E-state index contributed by atoms with van der Waals surface area (Å²) in [6.45, 7) is -0.433. The van der Waals surface area contributed by atoms with Gasteiger partial charge in [0.1, 0.15) is 23.7 Å². The number of hydrogen-bond donors (Lipinski definition) is 4. The molecule has 1 aliphatic heterocycles. The summed E-state index contributed by atoms with van der Waals surface area (Å²) in [5.41, 5.74) is 5.36. The Hall–Kier alpha value is -0.870. The summed E-state index contributed by atoms with van der Waals surface area (Å²) < 4.78 is 5.53. The van der Waals surface area contributed by atoms with Gasteiger partial charge in [0, 0.05) is 24.0 Å². The van der Waals surface area contributed by atoms with Gasteiger partial charge >= 0.3 is 0 Å². The second-order valence-electron chi connectivity index (χ2n) is 5.74. The largest absolute Gasteiger partial charge is 0.394 e. The molecule has 0 spiro atoms. The van der Waals surface area contributed by atoms with E-state index in [-0.39, 0.29) is 5.91 Å². The van der Waals surface area contributed by atoms with Crippen LogP contribution in [-0.4, -0.2) is 76.6 Å². The van der Waals surface area contributed by atoms with Crippen molar-refractivity contribution in [1.82, 2.24) is 4.90 Å². The smallest absolute Gasteiger partial charge is 0.254 e. The zero-order chi connectivity index (χ0) is 18.0. The number of hydrogen-bond acceptors (Lipinski definition) is 7. The predicted octanol–water partition coefficient (Wildman–Crippen LogP) is -0.0998. The van der Waals surface area contributed by atoms with Gasteiger partial charge in [-0.3, -0.25) is 4.79 Å². The van der Waals surface area contributed by atoms with E-state index in [0.29, 0.717) is 15.5 Å². The molecular weight excluding hydrogens is 356 g/mol. The molecule has 24 heavy (non-hydrogen) atoms. The van der Waals surface area contributed by atoms with E-state index in [0.717, 1.165) is 11.8 Å². The van der Waals surface area contributed by atoms with Crippen molar-refractivity contribution in [3.63, 3.8) is 0 Å². The summed E-state index contributed by atoms with van der Waals surface area (Å²) >= 11 is 7.09. The van der Waals surface area contributed by atoms with E-state index in [9.17, 15) is 20.1 Å². The van der Waals surface area contributed by atoms with E-state index >= 15 is 0 Å². The Morgan fingerprint density at radius 3 is 2.62 bits per heavy atom. The Kier molecular flexibility index (Phi) is 6.49. The molecule has 1 fully saturated rings. The van der Waals surface area contributed by atoms with E-state index in [1.165, 1.54) is 4.90 Å². The molecule has 1 amide bonds. The molecule has 5 atom stereocenters. The highest BCUT2D eigenvalue weighted by atomic mass is 35.5. The minimum absolute atomic E-state index is 0.220. The van der Waals surface area contributed by atoms with Crippen molar-refractivity contribution >= 4 is 29.3 Å². The first-order chi connectivity index (χ1) is 11.3. The van der Waals surface area contributed by atoms with E-state index in [2.05, 4.69) is 0 Å². The molecule has 5 unspecified atom stereocenters. The first-order valence-corrected chi connectivity index (χ1v) is 8.58. The molecule has 1 aliphatic rings. The van der Waals surface area contributed by atoms with Gasteiger partial charge < -0.3 is 30.7 Å². The van der Waals surface area contributed by atoms with Gasteiger partial charge in [-0.15, -0.1) is 0 Å². The Bertz CT molecular complexity index is 601. The summed E-state index contributed by atoms with van der Waals surface area (Å²) in [6.07, 6.45) is -3.26. The molecule has 7 nitrogen and oxygen atoms in total. The van der Waals surface area contributed by atoms with Gasteiger partial charge in [0.25, 0.3) is 5.91 Å². The lowest BCUT2D eigenvalue weighted by Gasteiger charge is -2.40. The number of ether oxygens (including phenoxy) is 1. The van der Waals surface area contributed by atoms with E-state index < -0.39 is 36.4 Å². The molecule has 5 N–H and O–H groups in total. The van der Waals surface area contributed by atoms with Crippen LogP contribution >= 0.6 is 23.4 Å². The summed E-state index contributed by atoms with van der Waals surface area (Å²) in [5.74, 6) is -0.220. The van der Waals surface area contributed by atoms with Crippen LogP contribution in [0.2, 0.25) is 5.02 Å². The van der Waals surface area contributed by atoms with Crippen molar-refractivity contribution < 1.29 is 24.9 Å². The molecule has 1 saturated heterocycles. The third-order valence-corrected chi connectivity index (χ3v) is 5.21. The standard InChI is InChI=1S/C15H21ClN2O5S/c1-18(2)14(22)8-4-3-7(16)5-10(8)24-15-13(21)11(17)12(20)9(6-19)23-15/h3-5,9,11-13,15,19-21H,6,17H2,1-2H3. The van der Waals surface area contributed by atoms with E-state index in [4.69, 9.17) is 22.1 Å². The number of nitrogens with two attached hydrogens (primary N) is 1. The number of nitrogens with zero attached hydrogens (tertiary/aromatic N) is 1. The lowest BCUT2D eigenvalue weighted by Crippen LogP contribution is -2.61. The van der Waals surface area contributed by atoms with Gasteiger partial charge in [0.2, 0.25) is 0 Å². The second-order valence-corrected chi connectivity index (χ2v) is 7.32. The van der Waals surface area contributed by atoms with Crippen LogP contribution in [0.15, 0.2) is 23.1 Å². The van der Waals surface area contributed by atoms with Crippen molar-refractivity contribution in [2.45, 2.75) is 34.7 Å². The number of carbonyl (C=O) groups excluding carboxylic acids is 1. The number of amides is 1. The summed E-state index contributed by atoms with van der Waals surface area (Å²) in [6, 6.07) is 3.83. The van der Waals surface area contributed by atoms with Crippen LogP contribution in [0, 0.1) is 0 Å². The zero-order valence-corrected chi connectivity index (χ0v) is 14.9. The lowest BCUT2D eigenvalue weighted by atomic mass is 9.98. The summed E-state index contributed by atoms with van der Waals surface area (Å²) in [7, 11) is 3.26. The fraction of sp³-hybridized carbons (Fsp3) is 0.533. The van der Waals surface area contributed by atoms with Crippen LogP contribution < -0.4 is 5.73 Å². The molecule has 2 rings (SSSR count). The van der Waals surface area contributed by atoms with Gasteiger partial charge in [0.05, 0.1) is 18.2 Å². The van der Waals surface area contributed by atoms with Gasteiger partial charge in [-0.05, 0) is 18.2 Å². The van der Waals surface area contributed by atoms with Gasteiger partial charge in [-0.1, -0.05) is 23.4 Å². The molecular formula is C15H21ClN2O5S. The Balaban J connectivity index is 2.29. The molecule has 1 aromatic rings. The van der Waals surface area contributed by atoms with Crippen molar-refractivity contribution in [3.05, 3.63) is 28.8 Å². The van der Waals surface area contributed by atoms with Crippen LogP contribution in [0.4, 0.5) is 0 Å². The van der Waals surface area contributed by atoms with E-state index in [1.54, 1.807) is 32.3 Å². The third kappa shape index (κ3) is 4.02.